The molecule has 0 atom stereocenters. The molecule has 0 rings (SSSR count). The number of hydrogen-bond donors (Lipinski definition) is 1. The third kappa shape index (κ3) is 3.35. The zero-order chi connectivity index (χ0) is 8.69. The Hall–Kier alpha value is -1.38. The first-order valence-electron chi connectivity index (χ1n) is 3.24. The first-order valence-corrected chi connectivity index (χ1v) is 3.24. The number of aliphatic imine (C=N–C) groups is 1. The maximum Gasteiger partial charge on any atom is 0.169 e. The molecule has 0 heterocycles. The Morgan fingerprint density at radius 1 is 1.73 bits per heavy atom. The van der Waals surface area contributed by atoms with E-state index in [1.807, 2.05) is 0 Å². The van der Waals surface area contributed by atoms with Gasteiger partial charge in [-0.25, -0.2) is 0 Å². The summed E-state index contributed by atoms with van der Waals surface area (Å²) in [7, 11) is 1.59. The van der Waals surface area contributed by atoms with E-state index < -0.39 is 0 Å². The van der Waals surface area contributed by atoms with Crippen LogP contribution in [-0.2, 0) is 4.79 Å². The fourth-order valence-electron chi connectivity index (χ4n) is 0.596. The van der Waals surface area contributed by atoms with Gasteiger partial charge < -0.3 is 5.73 Å². The van der Waals surface area contributed by atoms with E-state index in [-0.39, 0.29) is 5.78 Å². The second kappa shape index (κ2) is 5.41. The number of Topliss-reactive ketones (excluding diaryl/α,β-unsaturated/α-hetero) is 1. The van der Waals surface area contributed by atoms with Gasteiger partial charge in [-0.05, 0) is 0 Å². The van der Waals surface area contributed by atoms with Crippen molar-refractivity contribution >= 4 is 12.0 Å². The van der Waals surface area contributed by atoms with Crippen LogP contribution in [0.25, 0.3) is 0 Å². The fraction of sp³-hybridized carbons (Fsp3) is 0.250. The Morgan fingerprint density at radius 2 is 2.36 bits per heavy atom. The van der Waals surface area contributed by atoms with Crippen LogP contribution in [0.1, 0.15) is 6.42 Å². The van der Waals surface area contributed by atoms with E-state index in [4.69, 9.17) is 5.73 Å². The Balaban J connectivity index is 4.27. The molecule has 2 N–H and O–H groups in total. The highest BCUT2D eigenvalue weighted by molar-refractivity contribution is 6.13. The van der Waals surface area contributed by atoms with E-state index in [1.54, 1.807) is 7.05 Å². The topological polar surface area (TPSA) is 55.5 Å². The molecule has 0 aliphatic carbocycles. The summed E-state index contributed by atoms with van der Waals surface area (Å²) in [5.41, 5.74) is 5.61. The molecule has 0 saturated carbocycles. The van der Waals surface area contributed by atoms with E-state index in [0.29, 0.717) is 12.0 Å². The Morgan fingerprint density at radius 3 is 2.73 bits per heavy atom. The van der Waals surface area contributed by atoms with Crippen molar-refractivity contribution < 1.29 is 4.79 Å². The van der Waals surface area contributed by atoms with E-state index in [9.17, 15) is 4.79 Å². The van der Waals surface area contributed by atoms with E-state index >= 15 is 0 Å². The van der Waals surface area contributed by atoms with E-state index in [2.05, 4.69) is 11.6 Å². The van der Waals surface area contributed by atoms with Crippen molar-refractivity contribution in [3.8, 4) is 0 Å². The normalized spacial score (nSPS) is 11.9. The van der Waals surface area contributed by atoms with Gasteiger partial charge in [0.2, 0.25) is 0 Å². The third-order valence-electron chi connectivity index (χ3n) is 1.10. The van der Waals surface area contributed by atoms with Gasteiger partial charge in [0.05, 0.1) is 5.57 Å². The quantitative estimate of drug-likeness (QED) is 0.366. The molecule has 0 aliphatic heterocycles. The molecule has 60 valence electrons. The minimum Gasteiger partial charge on any atom is -0.404 e. The lowest BCUT2D eigenvalue weighted by Gasteiger charge is -1.94. The van der Waals surface area contributed by atoms with Gasteiger partial charge in [0.15, 0.2) is 5.78 Å². The molecule has 3 heteroatoms. The minimum atomic E-state index is -0.0619. The summed E-state index contributed by atoms with van der Waals surface area (Å²) < 4.78 is 0. The number of carbonyl (C=O) groups excluding carboxylic acids is 1. The lowest BCUT2D eigenvalue weighted by Crippen LogP contribution is -2.04. The Kier molecular flexibility index (Phi) is 4.73. The number of nitrogens with zero attached hydrogens (tertiary/aromatic N) is 1. The van der Waals surface area contributed by atoms with Crippen LogP contribution >= 0.6 is 0 Å². The van der Waals surface area contributed by atoms with Crippen molar-refractivity contribution in [2.24, 2.45) is 10.7 Å². The predicted molar refractivity (Wildman–Crippen MR) is 46.5 cm³/mol. The summed E-state index contributed by atoms with van der Waals surface area (Å²) in [6.07, 6.45) is 4.52. The number of carbonyl (C=O) groups is 1. The van der Waals surface area contributed by atoms with Gasteiger partial charge in [-0.15, -0.1) is 6.58 Å². The average Bonchev–Trinajstić information content (AvgIpc) is 2.00. The summed E-state index contributed by atoms with van der Waals surface area (Å²) in [6.45, 7) is 3.44. The Bertz CT molecular complexity index is 204. The molecule has 0 bridgehead atoms. The lowest BCUT2D eigenvalue weighted by molar-refractivity contribution is -0.114. The first kappa shape index (κ1) is 9.62. The van der Waals surface area contributed by atoms with Crippen LogP contribution in [-0.4, -0.2) is 19.0 Å². The number of hydrogen-bond acceptors (Lipinski definition) is 3. The second-order valence-electron chi connectivity index (χ2n) is 1.93. The predicted octanol–water partition coefficient (Wildman–Crippen LogP) is 0.675. The molecule has 11 heavy (non-hydrogen) atoms. The van der Waals surface area contributed by atoms with Crippen LogP contribution in [0.5, 0.6) is 0 Å². The van der Waals surface area contributed by atoms with Crippen molar-refractivity contribution in [3.05, 3.63) is 24.4 Å². The molecule has 3 nitrogen and oxygen atoms in total. The monoisotopic (exact) mass is 152 g/mol. The summed E-state index contributed by atoms with van der Waals surface area (Å²) >= 11 is 0. The molecule has 0 amide bonds. The highest BCUT2D eigenvalue weighted by Crippen LogP contribution is 1.95. The van der Waals surface area contributed by atoms with Crippen LogP contribution in [0, 0.1) is 0 Å². The Labute approximate surface area is 66.3 Å². The number of allylic oxidation sites excluding steroid dienone is 2. The standard InChI is InChI=1S/C8H12N2O/c1-3-4-8(11)7(5-9)6-10-2/h3,5-6H,1,4,9H2,2H3/b7-5+,10-6?. The highest BCUT2D eigenvalue weighted by atomic mass is 16.1. The minimum absolute atomic E-state index is 0.0619. The van der Waals surface area contributed by atoms with Crippen molar-refractivity contribution in [2.75, 3.05) is 7.05 Å². The number of rotatable bonds is 4. The average molecular weight is 152 g/mol. The van der Waals surface area contributed by atoms with Crippen LogP contribution < -0.4 is 5.73 Å². The number of ketones is 1. The van der Waals surface area contributed by atoms with Gasteiger partial charge in [-0.2, -0.15) is 0 Å². The maximum absolute atomic E-state index is 11.1. The second-order valence-corrected chi connectivity index (χ2v) is 1.93. The smallest absolute Gasteiger partial charge is 0.169 e. The van der Waals surface area contributed by atoms with Gasteiger partial charge in [0.1, 0.15) is 0 Å². The number of nitrogens with two attached hydrogens (primary N) is 1. The van der Waals surface area contributed by atoms with Gasteiger partial charge in [-0.1, -0.05) is 6.08 Å². The maximum atomic E-state index is 11.1. The first-order chi connectivity index (χ1) is 5.26. The molecule has 0 saturated heterocycles. The zero-order valence-corrected chi connectivity index (χ0v) is 6.58. The highest BCUT2D eigenvalue weighted by Gasteiger charge is 2.02. The van der Waals surface area contributed by atoms with Gasteiger partial charge in [-0.3, -0.25) is 9.79 Å². The molecule has 0 aliphatic rings. The van der Waals surface area contributed by atoms with Crippen molar-refractivity contribution in [2.45, 2.75) is 6.42 Å². The summed E-state index contributed by atoms with van der Waals surface area (Å²) in [5, 5.41) is 0. The van der Waals surface area contributed by atoms with Gasteiger partial charge in [0, 0.05) is 25.9 Å². The largest absolute Gasteiger partial charge is 0.404 e. The molecule has 0 aromatic carbocycles. The van der Waals surface area contributed by atoms with E-state index in [0.717, 1.165) is 0 Å². The van der Waals surface area contributed by atoms with Crippen LogP contribution in [0.3, 0.4) is 0 Å². The molecule has 0 radical (unpaired) electrons. The van der Waals surface area contributed by atoms with Crippen LogP contribution in [0.15, 0.2) is 29.4 Å². The van der Waals surface area contributed by atoms with Crippen molar-refractivity contribution in [1.82, 2.24) is 0 Å². The molecule has 0 aromatic heterocycles. The summed E-state index contributed by atoms with van der Waals surface area (Å²) in [6, 6.07) is 0. The molecule has 0 spiro atoms. The zero-order valence-electron chi connectivity index (χ0n) is 6.58. The molecular formula is C8H12N2O. The van der Waals surface area contributed by atoms with E-state index in [1.165, 1.54) is 18.5 Å². The van der Waals surface area contributed by atoms with Gasteiger partial charge >= 0.3 is 0 Å². The van der Waals surface area contributed by atoms with Gasteiger partial charge in [0.25, 0.3) is 0 Å². The van der Waals surface area contributed by atoms with Crippen molar-refractivity contribution in [3.63, 3.8) is 0 Å². The SMILES string of the molecule is C=CCC(=O)/C(C=NC)=C/N. The molecule has 0 fully saturated rings. The molecule has 0 aromatic rings. The summed E-state index contributed by atoms with van der Waals surface area (Å²) in [4.78, 5) is 14.7. The fourth-order valence-corrected chi connectivity index (χ4v) is 0.596. The van der Waals surface area contributed by atoms with Crippen LogP contribution in [0.2, 0.25) is 0 Å². The molecular weight excluding hydrogens is 140 g/mol. The van der Waals surface area contributed by atoms with Crippen molar-refractivity contribution in [1.29, 1.82) is 0 Å². The lowest BCUT2D eigenvalue weighted by atomic mass is 10.1. The third-order valence-corrected chi connectivity index (χ3v) is 1.10. The summed E-state index contributed by atoms with van der Waals surface area (Å²) in [5.74, 6) is -0.0619. The molecule has 0 unspecified atom stereocenters. The van der Waals surface area contributed by atoms with Crippen LogP contribution in [0.4, 0.5) is 0 Å².